The maximum absolute atomic E-state index is 11.8. The number of hydrogen-bond donors (Lipinski definition) is 2. The van der Waals surface area contributed by atoms with E-state index in [1.165, 1.54) is 6.08 Å². The zero-order chi connectivity index (χ0) is 15.1. The van der Waals surface area contributed by atoms with Crippen molar-refractivity contribution in [2.24, 2.45) is 0 Å². The monoisotopic (exact) mass is 285 g/mol. The summed E-state index contributed by atoms with van der Waals surface area (Å²) in [5.41, 5.74) is 1.04. The van der Waals surface area contributed by atoms with E-state index in [4.69, 9.17) is 4.42 Å². The molecule has 0 aliphatic heterocycles. The summed E-state index contributed by atoms with van der Waals surface area (Å²) in [5.74, 6) is 0.355. The van der Waals surface area contributed by atoms with Crippen molar-refractivity contribution >= 4 is 12.0 Å². The molecule has 2 atom stereocenters. The third kappa shape index (κ3) is 4.93. The molecule has 0 aliphatic carbocycles. The molecule has 2 aromatic rings. The van der Waals surface area contributed by atoms with Crippen LogP contribution in [0.1, 0.15) is 18.2 Å². The average Bonchev–Trinajstić information content (AvgIpc) is 2.99. The van der Waals surface area contributed by atoms with Crippen molar-refractivity contribution in [1.82, 2.24) is 5.32 Å². The van der Waals surface area contributed by atoms with Crippen molar-refractivity contribution in [3.8, 4) is 0 Å². The van der Waals surface area contributed by atoms with E-state index in [-0.39, 0.29) is 11.9 Å². The maximum atomic E-state index is 11.8. The summed E-state index contributed by atoms with van der Waals surface area (Å²) < 4.78 is 5.10. The van der Waals surface area contributed by atoms with Crippen LogP contribution in [0, 0.1) is 0 Å². The van der Waals surface area contributed by atoms with Crippen LogP contribution >= 0.6 is 0 Å². The Morgan fingerprint density at radius 2 is 2.05 bits per heavy atom. The van der Waals surface area contributed by atoms with Crippen molar-refractivity contribution in [1.29, 1.82) is 0 Å². The Morgan fingerprint density at radius 3 is 2.71 bits per heavy atom. The lowest BCUT2D eigenvalue weighted by molar-refractivity contribution is -0.117. The predicted molar refractivity (Wildman–Crippen MR) is 81.5 cm³/mol. The smallest absolute Gasteiger partial charge is 0.244 e. The summed E-state index contributed by atoms with van der Waals surface area (Å²) in [6.45, 7) is 1.78. The van der Waals surface area contributed by atoms with Gasteiger partial charge in [-0.25, -0.2) is 0 Å². The molecule has 1 amide bonds. The van der Waals surface area contributed by atoms with Gasteiger partial charge >= 0.3 is 0 Å². The van der Waals surface area contributed by atoms with Crippen LogP contribution in [0.4, 0.5) is 0 Å². The third-order valence-electron chi connectivity index (χ3n) is 3.18. The normalized spacial score (nSPS) is 14.0. The van der Waals surface area contributed by atoms with Crippen LogP contribution in [0.5, 0.6) is 0 Å². The Hall–Kier alpha value is -2.33. The molecule has 1 aromatic heterocycles. The summed E-state index contributed by atoms with van der Waals surface area (Å²) in [7, 11) is 0. The SMILES string of the molecule is CC(NC(=O)/C=C/c1ccco1)C(O)Cc1ccccc1. The van der Waals surface area contributed by atoms with E-state index >= 15 is 0 Å². The van der Waals surface area contributed by atoms with Gasteiger partial charge < -0.3 is 14.8 Å². The van der Waals surface area contributed by atoms with Crippen molar-refractivity contribution < 1.29 is 14.3 Å². The largest absolute Gasteiger partial charge is 0.465 e. The second-order valence-corrected chi connectivity index (χ2v) is 4.90. The maximum Gasteiger partial charge on any atom is 0.244 e. The first kappa shape index (κ1) is 15.1. The Balaban J connectivity index is 1.82. The quantitative estimate of drug-likeness (QED) is 0.801. The van der Waals surface area contributed by atoms with E-state index < -0.39 is 6.10 Å². The molecule has 4 heteroatoms. The molecule has 2 N–H and O–H groups in total. The molecule has 0 saturated carbocycles. The Labute approximate surface area is 124 Å². The number of benzene rings is 1. The predicted octanol–water partition coefficient (Wildman–Crippen LogP) is 2.40. The van der Waals surface area contributed by atoms with Crippen LogP contribution in [0.15, 0.2) is 59.2 Å². The second kappa shape index (κ2) is 7.45. The fourth-order valence-corrected chi connectivity index (χ4v) is 1.94. The lowest BCUT2D eigenvalue weighted by atomic mass is 10.0. The number of rotatable bonds is 6. The molecule has 0 aliphatic rings. The molecule has 2 rings (SSSR count). The highest BCUT2D eigenvalue weighted by Crippen LogP contribution is 2.06. The van der Waals surface area contributed by atoms with Crippen molar-refractivity contribution in [2.45, 2.75) is 25.5 Å². The van der Waals surface area contributed by atoms with Gasteiger partial charge in [0, 0.05) is 12.5 Å². The van der Waals surface area contributed by atoms with Crippen LogP contribution in [-0.4, -0.2) is 23.2 Å². The van der Waals surface area contributed by atoms with Gasteiger partial charge in [-0.2, -0.15) is 0 Å². The molecule has 0 spiro atoms. The molecular formula is C17H19NO3. The van der Waals surface area contributed by atoms with E-state index in [0.29, 0.717) is 12.2 Å². The standard InChI is InChI=1S/C17H19NO3/c1-13(16(19)12-14-6-3-2-4-7-14)18-17(20)10-9-15-8-5-11-21-15/h2-11,13,16,19H,12H2,1H3,(H,18,20)/b10-9+. The van der Waals surface area contributed by atoms with Gasteiger partial charge in [0.15, 0.2) is 0 Å². The molecule has 0 radical (unpaired) electrons. The van der Waals surface area contributed by atoms with E-state index in [1.807, 2.05) is 30.3 Å². The van der Waals surface area contributed by atoms with Crippen LogP contribution in [-0.2, 0) is 11.2 Å². The van der Waals surface area contributed by atoms with Gasteiger partial charge in [-0.1, -0.05) is 30.3 Å². The van der Waals surface area contributed by atoms with Gasteiger partial charge in [0.2, 0.25) is 5.91 Å². The number of aliphatic hydroxyl groups excluding tert-OH is 1. The van der Waals surface area contributed by atoms with Gasteiger partial charge in [-0.3, -0.25) is 4.79 Å². The first-order valence-corrected chi connectivity index (χ1v) is 6.89. The summed E-state index contributed by atoms with van der Waals surface area (Å²) in [6.07, 6.45) is 4.40. The minimum Gasteiger partial charge on any atom is -0.465 e. The van der Waals surface area contributed by atoms with E-state index in [0.717, 1.165) is 5.56 Å². The summed E-state index contributed by atoms with van der Waals surface area (Å²) in [6, 6.07) is 12.9. The number of furan rings is 1. The van der Waals surface area contributed by atoms with Crippen LogP contribution in [0.3, 0.4) is 0 Å². The Morgan fingerprint density at radius 1 is 1.29 bits per heavy atom. The molecule has 0 fully saturated rings. The molecule has 110 valence electrons. The number of nitrogens with one attached hydrogen (secondary N) is 1. The third-order valence-corrected chi connectivity index (χ3v) is 3.18. The average molecular weight is 285 g/mol. The first-order chi connectivity index (χ1) is 10.1. The van der Waals surface area contributed by atoms with E-state index in [9.17, 15) is 9.90 Å². The molecule has 4 nitrogen and oxygen atoms in total. The van der Waals surface area contributed by atoms with E-state index in [1.54, 1.807) is 31.4 Å². The summed E-state index contributed by atoms with van der Waals surface area (Å²) in [4.78, 5) is 11.8. The van der Waals surface area contributed by atoms with Crippen molar-refractivity contribution in [3.63, 3.8) is 0 Å². The lowest BCUT2D eigenvalue weighted by Crippen LogP contribution is -2.41. The number of amides is 1. The van der Waals surface area contributed by atoms with Crippen molar-refractivity contribution in [2.75, 3.05) is 0 Å². The summed E-state index contributed by atoms with van der Waals surface area (Å²) in [5, 5.41) is 12.9. The number of aliphatic hydroxyl groups is 1. The minimum absolute atomic E-state index is 0.258. The van der Waals surface area contributed by atoms with Crippen LogP contribution < -0.4 is 5.32 Å². The van der Waals surface area contributed by atoms with Crippen LogP contribution in [0.2, 0.25) is 0 Å². The minimum atomic E-state index is -0.631. The summed E-state index contributed by atoms with van der Waals surface area (Å²) >= 11 is 0. The van der Waals surface area contributed by atoms with Gasteiger partial charge in [0.25, 0.3) is 0 Å². The fourth-order valence-electron chi connectivity index (χ4n) is 1.94. The fraction of sp³-hybridized carbons (Fsp3) is 0.235. The van der Waals surface area contributed by atoms with Gasteiger partial charge in [-0.05, 0) is 30.7 Å². The first-order valence-electron chi connectivity index (χ1n) is 6.89. The zero-order valence-electron chi connectivity index (χ0n) is 11.9. The Kier molecular flexibility index (Phi) is 5.35. The Bertz CT molecular complexity index is 575. The van der Waals surface area contributed by atoms with Crippen LogP contribution in [0.25, 0.3) is 6.08 Å². The van der Waals surface area contributed by atoms with E-state index in [2.05, 4.69) is 5.32 Å². The van der Waals surface area contributed by atoms with Crippen molar-refractivity contribution in [3.05, 3.63) is 66.1 Å². The highest BCUT2D eigenvalue weighted by Gasteiger charge is 2.15. The number of carbonyl (C=O) groups excluding carboxylic acids is 1. The van der Waals surface area contributed by atoms with Gasteiger partial charge in [0.1, 0.15) is 5.76 Å². The highest BCUT2D eigenvalue weighted by molar-refractivity contribution is 5.91. The molecule has 21 heavy (non-hydrogen) atoms. The lowest BCUT2D eigenvalue weighted by Gasteiger charge is -2.19. The molecule has 0 saturated heterocycles. The second-order valence-electron chi connectivity index (χ2n) is 4.90. The molecule has 0 bridgehead atoms. The van der Waals surface area contributed by atoms with Gasteiger partial charge in [0.05, 0.1) is 18.4 Å². The number of hydrogen-bond acceptors (Lipinski definition) is 3. The molecule has 1 aromatic carbocycles. The molecule has 1 heterocycles. The molecule has 2 unspecified atom stereocenters. The highest BCUT2D eigenvalue weighted by atomic mass is 16.3. The topological polar surface area (TPSA) is 62.5 Å². The number of carbonyl (C=O) groups is 1. The zero-order valence-corrected chi connectivity index (χ0v) is 11.9. The van der Waals surface area contributed by atoms with Gasteiger partial charge in [-0.15, -0.1) is 0 Å². The molecular weight excluding hydrogens is 266 g/mol.